The topological polar surface area (TPSA) is 62.2 Å². The molecule has 2 atom stereocenters. The van der Waals surface area contributed by atoms with Gasteiger partial charge in [0.2, 0.25) is 5.91 Å². The Morgan fingerprint density at radius 2 is 1.96 bits per heavy atom. The number of aliphatic hydroxyl groups is 1. The maximum atomic E-state index is 12.8. The van der Waals surface area contributed by atoms with Crippen molar-refractivity contribution in [1.82, 2.24) is 10.3 Å². The Labute approximate surface area is 149 Å². The molecule has 2 N–H and O–H groups in total. The molecule has 26 heavy (non-hydrogen) atoms. The molecule has 1 amide bonds. The van der Waals surface area contributed by atoms with Crippen LogP contribution in [0.2, 0.25) is 0 Å². The normalized spacial score (nSPS) is 18.1. The van der Waals surface area contributed by atoms with Gasteiger partial charge in [0.1, 0.15) is 6.10 Å². The van der Waals surface area contributed by atoms with E-state index in [1.54, 1.807) is 12.4 Å². The molecular formula is C19H19F3N2O2. The molecule has 0 spiro atoms. The van der Waals surface area contributed by atoms with Crippen molar-refractivity contribution in [3.05, 3.63) is 53.3 Å². The quantitative estimate of drug-likeness (QED) is 0.874. The zero-order chi connectivity index (χ0) is 18.9. The molecule has 7 heteroatoms. The zero-order valence-electron chi connectivity index (χ0n) is 14.2. The molecule has 0 bridgehead atoms. The predicted molar refractivity (Wildman–Crippen MR) is 90.2 cm³/mol. The van der Waals surface area contributed by atoms with Gasteiger partial charge in [0, 0.05) is 18.0 Å². The van der Waals surface area contributed by atoms with Crippen molar-refractivity contribution in [3.63, 3.8) is 0 Å². The number of pyridine rings is 1. The van der Waals surface area contributed by atoms with Crippen LogP contribution in [-0.2, 0) is 17.4 Å². The lowest BCUT2D eigenvalue weighted by Gasteiger charge is -2.28. The van der Waals surface area contributed by atoms with Gasteiger partial charge in [0.15, 0.2) is 0 Å². The molecule has 2 aromatic rings. The molecule has 3 rings (SSSR count). The van der Waals surface area contributed by atoms with Crippen molar-refractivity contribution in [1.29, 1.82) is 0 Å². The number of carbonyl (C=O) groups excluding carboxylic acids is 1. The summed E-state index contributed by atoms with van der Waals surface area (Å²) >= 11 is 0. The Hall–Kier alpha value is -2.41. The minimum atomic E-state index is -4.37. The number of alkyl halides is 3. The number of fused-ring (bicyclic) bond motifs is 1. The van der Waals surface area contributed by atoms with E-state index in [-0.39, 0.29) is 6.04 Å². The SMILES string of the molecule is C[C@@H](O)C(=O)N[C@H]1CCCc2c(-c3ccc(C(F)(F)F)cc3)cncc21. The van der Waals surface area contributed by atoms with E-state index in [4.69, 9.17) is 0 Å². The first-order chi connectivity index (χ1) is 12.3. The number of rotatable bonds is 3. The van der Waals surface area contributed by atoms with Crippen molar-refractivity contribution in [2.45, 2.75) is 44.5 Å². The van der Waals surface area contributed by atoms with E-state index < -0.39 is 23.8 Å². The second-order valence-corrected chi connectivity index (χ2v) is 6.46. The molecule has 1 aliphatic carbocycles. The summed E-state index contributed by atoms with van der Waals surface area (Å²) in [6.07, 6.45) is 0.152. The third-order valence-electron chi connectivity index (χ3n) is 4.60. The summed E-state index contributed by atoms with van der Waals surface area (Å²) in [6, 6.07) is 4.74. The molecule has 1 aromatic carbocycles. The number of amides is 1. The highest BCUT2D eigenvalue weighted by Crippen LogP contribution is 2.37. The summed E-state index contributed by atoms with van der Waals surface area (Å²) < 4.78 is 38.3. The molecule has 0 saturated heterocycles. The van der Waals surface area contributed by atoms with Gasteiger partial charge in [0.25, 0.3) is 0 Å². The Bertz CT molecular complexity index is 801. The maximum absolute atomic E-state index is 12.8. The molecular weight excluding hydrogens is 345 g/mol. The largest absolute Gasteiger partial charge is 0.416 e. The van der Waals surface area contributed by atoms with Gasteiger partial charge in [-0.25, -0.2) is 0 Å². The van der Waals surface area contributed by atoms with Crippen LogP contribution in [0.1, 0.15) is 42.5 Å². The Balaban J connectivity index is 1.95. The summed E-state index contributed by atoms with van der Waals surface area (Å²) in [5.41, 5.74) is 2.56. The van der Waals surface area contributed by atoms with E-state index in [0.717, 1.165) is 48.1 Å². The van der Waals surface area contributed by atoms with Gasteiger partial charge in [-0.15, -0.1) is 0 Å². The lowest BCUT2D eigenvalue weighted by atomic mass is 9.84. The summed E-state index contributed by atoms with van der Waals surface area (Å²) in [7, 11) is 0. The van der Waals surface area contributed by atoms with Crippen molar-refractivity contribution in [2.24, 2.45) is 0 Å². The van der Waals surface area contributed by atoms with Gasteiger partial charge in [-0.05, 0) is 55.0 Å². The van der Waals surface area contributed by atoms with Crippen molar-refractivity contribution < 1.29 is 23.1 Å². The van der Waals surface area contributed by atoms with Crippen LogP contribution >= 0.6 is 0 Å². The molecule has 0 fully saturated rings. The molecule has 138 valence electrons. The number of nitrogens with one attached hydrogen (secondary N) is 1. The molecule has 1 aliphatic rings. The van der Waals surface area contributed by atoms with Gasteiger partial charge >= 0.3 is 6.18 Å². The zero-order valence-corrected chi connectivity index (χ0v) is 14.2. The summed E-state index contributed by atoms with van der Waals surface area (Å²) in [5.74, 6) is -0.456. The molecule has 0 radical (unpaired) electrons. The van der Waals surface area contributed by atoms with Crippen LogP contribution in [0.4, 0.5) is 13.2 Å². The number of hydrogen-bond donors (Lipinski definition) is 2. The van der Waals surface area contributed by atoms with Gasteiger partial charge in [0.05, 0.1) is 11.6 Å². The number of halogens is 3. The minimum absolute atomic E-state index is 0.261. The molecule has 4 nitrogen and oxygen atoms in total. The van der Waals surface area contributed by atoms with Crippen molar-refractivity contribution >= 4 is 5.91 Å². The number of aliphatic hydroxyl groups excluding tert-OH is 1. The van der Waals surface area contributed by atoms with Crippen LogP contribution in [0.3, 0.4) is 0 Å². The fourth-order valence-electron chi connectivity index (χ4n) is 3.25. The fraction of sp³-hybridized carbons (Fsp3) is 0.368. The molecule has 0 aliphatic heterocycles. The van der Waals surface area contributed by atoms with Gasteiger partial charge < -0.3 is 10.4 Å². The van der Waals surface area contributed by atoms with Gasteiger partial charge in [-0.3, -0.25) is 9.78 Å². The first kappa shape index (κ1) is 18.4. The monoisotopic (exact) mass is 364 g/mol. The molecule has 0 unspecified atom stereocenters. The third-order valence-corrected chi connectivity index (χ3v) is 4.60. The van der Waals surface area contributed by atoms with Gasteiger partial charge in [-0.2, -0.15) is 13.2 Å². The molecule has 0 saturated carbocycles. The fourth-order valence-corrected chi connectivity index (χ4v) is 3.25. The number of nitrogens with zero attached hydrogens (tertiary/aromatic N) is 1. The van der Waals surface area contributed by atoms with Crippen LogP contribution in [0, 0.1) is 0 Å². The number of aromatic nitrogens is 1. The first-order valence-electron chi connectivity index (χ1n) is 8.40. The van der Waals surface area contributed by atoms with Crippen LogP contribution < -0.4 is 5.32 Å². The second kappa shape index (κ2) is 7.07. The Morgan fingerprint density at radius 1 is 1.27 bits per heavy atom. The summed E-state index contributed by atoms with van der Waals surface area (Å²) in [6.45, 7) is 1.40. The molecule has 1 heterocycles. The lowest BCUT2D eigenvalue weighted by Crippen LogP contribution is -2.37. The predicted octanol–water partition coefficient (Wildman–Crippen LogP) is 3.64. The van der Waals surface area contributed by atoms with E-state index in [2.05, 4.69) is 10.3 Å². The van der Waals surface area contributed by atoms with E-state index in [0.29, 0.717) is 5.56 Å². The third kappa shape index (κ3) is 3.72. The van der Waals surface area contributed by atoms with Crippen LogP contribution in [0.15, 0.2) is 36.7 Å². The Morgan fingerprint density at radius 3 is 2.58 bits per heavy atom. The van der Waals surface area contributed by atoms with Crippen molar-refractivity contribution in [2.75, 3.05) is 0 Å². The van der Waals surface area contributed by atoms with E-state index in [1.165, 1.54) is 19.1 Å². The van der Waals surface area contributed by atoms with Crippen molar-refractivity contribution in [3.8, 4) is 11.1 Å². The minimum Gasteiger partial charge on any atom is -0.384 e. The highest BCUT2D eigenvalue weighted by atomic mass is 19.4. The number of benzene rings is 1. The standard InChI is InChI=1S/C19H19F3N2O2/c1-11(25)18(26)24-17-4-2-3-14-15(9-23-10-16(14)17)12-5-7-13(8-6-12)19(20,21)22/h5-11,17,25H,2-4H2,1H3,(H,24,26)/t11-,17+/m1/s1. The van der Waals surface area contributed by atoms with E-state index in [1.807, 2.05) is 0 Å². The van der Waals surface area contributed by atoms with Gasteiger partial charge in [-0.1, -0.05) is 12.1 Å². The van der Waals surface area contributed by atoms with E-state index in [9.17, 15) is 23.1 Å². The summed E-state index contributed by atoms with van der Waals surface area (Å²) in [4.78, 5) is 16.0. The smallest absolute Gasteiger partial charge is 0.384 e. The van der Waals surface area contributed by atoms with E-state index >= 15 is 0 Å². The van der Waals surface area contributed by atoms with Crippen LogP contribution in [0.5, 0.6) is 0 Å². The average Bonchev–Trinajstić information content (AvgIpc) is 2.61. The summed E-state index contributed by atoms with van der Waals surface area (Å²) in [5, 5.41) is 12.2. The Kier molecular flexibility index (Phi) is 5.00. The number of hydrogen-bond acceptors (Lipinski definition) is 3. The van der Waals surface area contributed by atoms with Crippen LogP contribution in [-0.4, -0.2) is 22.1 Å². The molecule has 1 aromatic heterocycles. The average molecular weight is 364 g/mol. The highest BCUT2D eigenvalue weighted by Gasteiger charge is 2.30. The van der Waals surface area contributed by atoms with Crippen LogP contribution in [0.25, 0.3) is 11.1 Å². The second-order valence-electron chi connectivity index (χ2n) is 6.46. The number of carbonyl (C=O) groups is 1. The highest BCUT2D eigenvalue weighted by molar-refractivity contribution is 5.80. The first-order valence-corrected chi connectivity index (χ1v) is 8.40. The lowest BCUT2D eigenvalue weighted by molar-refractivity contribution is -0.137. The maximum Gasteiger partial charge on any atom is 0.416 e.